The molecule has 0 radical (unpaired) electrons. The van der Waals surface area contributed by atoms with Crippen molar-refractivity contribution < 1.29 is 18.0 Å². The average Bonchev–Trinajstić information content (AvgIpc) is 3.06. The first-order chi connectivity index (χ1) is 13.4. The Labute approximate surface area is 165 Å². The van der Waals surface area contributed by atoms with Gasteiger partial charge in [-0.15, -0.1) is 0 Å². The van der Waals surface area contributed by atoms with E-state index in [1.807, 2.05) is 17.9 Å². The lowest BCUT2D eigenvalue weighted by molar-refractivity contribution is -0.132. The molecule has 1 saturated heterocycles. The molecule has 0 unspecified atom stereocenters. The maximum Gasteiger partial charge on any atom is 0.242 e. The Balaban J connectivity index is 1.87. The molecule has 2 heterocycles. The molecule has 1 aliphatic rings. The topological polar surface area (TPSA) is 88.5 Å². The molecule has 1 fully saturated rings. The normalized spacial score (nSPS) is 15.0. The van der Waals surface area contributed by atoms with Crippen LogP contribution in [0.3, 0.4) is 0 Å². The largest absolute Gasteiger partial charge is 0.355 e. The van der Waals surface area contributed by atoms with Gasteiger partial charge in [-0.3, -0.25) is 9.59 Å². The van der Waals surface area contributed by atoms with Crippen molar-refractivity contribution in [1.82, 2.24) is 14.8 Å². The number of para-hydroxylation sites is 1. The van der Waals surface area contributed by atoms with Crippen molar-refractivity contribution in [3.63, 3.8) is 0 Å². The van der Waals surface area contributed by atoms with Crippen LogP contribution >= 0.6 is 0 Å². The Hall–Kier alpha value is -2.35. The van der Waals surface area contributed by atoms with E-state index in [0.29, 0.717) is 17.4 Å². The van der Waals surface area contributed by atoms with Gasteiger partial charge in [0, 0.05) is 36.7 Å². The minimum atomic E-state index is -3.81. The van der Waals surface area contributed by atoms with Crippen LogP contribution in [0.4, 0.5) is 0 Å². The molecule has 0 bridgehead atoms. The zero-order valence-electron chi connectivity index (χ0n) is 16.2. The van der Waals surface area contributed by atoms with Crippen LogP contribution in [0.1, 0.15) is 32.6 Å². The Morgan fingerprint density at radius 3 is 2.54 bits per heavy atom. The lowest BCUT2D eigenvalue weighted by Gasteiger charge is -2.27. The van der Waals surface area contributed by atoms with Gasteiger partial charge in [0.05, 0.1) is 4.90 Å². The predicted octanol–water partition coefficient (Wildman–Crippen LogP) is 1.95. The van der Waals surface area contributed by atoms with Crippen LogP contribution in [0, 0.1) is 0 Å². The van der Waals surface area contributed by atoms with Crippen LogP contribution in [0.25, 0.3) is 10.9 Å². The smallest absolute Gasteiger partial charge is 0.242 e. The van der Waals surface area contributed by atoms with Gasteiger partial charge < -0.3 is 14.8 Å². The summed E-state index contributed by atoms with van der Waals surface area (Å²) in [5.41, 5.74) is 0.681. The number of likely N-dealkylation sites (tertiary alicyclic amines) is 1. The van der Waals surface area contributed by atoms with E-state index >= 15 is 0 Å². The number of piperidine rings is 1. The summed E-state index contributed by atoms with van der Waals surface area (Å²) in [6, 6.07) is 7.09. The fourth-order valence-corrected chi connectivity index (χ4v) is 4.94. The molecule has 1 aliphatic heterocycles. The van der Waals surface area contributed by atoms with Crippen molar-refractivity contribution in [3.05, 3.63) is 30.5 Å². The first kappa shape index (κ1) is 20.4. The van der Waals surface area contributed by atoms with Crippen LogP contribution in [0.2, 0.25) is 0 Å². The highest BCUT2D eigenvalue weighted by atomic mass is 32.2. The van der Waals surface area contributed by atoms with Crippen molar-refractivity contribution in [2.45, 2.75) is 44.0 Å². The number of amides is 2. The monoisotopic (exact) mass is 405 g/mol. The number of aromatic nitrogens is 1. The van der Waals surface area contributed by atoms with Crippen LogP contribution in [-0.4, -0.2) is 55.1 Å². The molecule has 2 aromatic rings. The molecule has 28 heavy (non-hydrogen) atoms. The van der Waals surface area contributed by atoms with Gasteiger partial charge >= 0.3 is 0 Å². The highest BCUT2D eigenvalue weighted by molar-refractivity contribution is 7.92. The first-order valence-electron chi connectivity index (χ1n) is 9.77. The van der Waals surface area contributed by atoms with Crippen LogP contribution < -0.4 is 5.32 Å². The van der Waals surface area contributed by atoms with Gasteiger partial charge in [-0.25, -0.2) is 8.42 Å². The third-order valence-electron chi connectivity index (χ3n) is 4.99. The Bertz CT molecular complexity index is 959. The van der Waals surface area contributed by atoms with Gasteiger partial charge in [0.2, 0.25) is 11.8 Å². The summed E-state index contributed by atoms with van der Waals surface area (Å²) >= 11 is 0. The van der Waals surface area contributed by atoms with E-state index < -0.39 is 21.5 Å². The molecule has 0 aliphatic carbocycles. The van der Waals surface area contributed by atoms with Gasteiger partial charge in [0.25, 0.3) is 0 Å². The lowest BCUT2D eigenvalue weighted by Crippen LogP contribution is -2.37. The van der Waals surface area contributed by atoms with Gasteiger partial charge in [-0.1, -0.05) is 25.1 Å². The number of nitrogens with one attached hydrogen (secondary N) is 1. The van der Waals surface area contributed by atoms with Crippen LogP contribution in [-0.2, 0) is 26.0 Å². The minimum absolute atomic E-state index is 0.00918. The zero-order valence-corrected chi connectivity index (χ0v) is 17.0. The number of fused-ring (bicyclic) bond motifs is 1. The van der Waals surface area contributed by atoms with Crippen LogP contribution in [0.5, 0.6) is 0 Å². The molecule has 8 heteroatoms. The average molecular weight is 406 g/mol. The molecule has 0 spiro atoms. The SMILES string of the molecule is CCCNC(=O)CS(=O)(=O)c1cn(CC(=O)N2CCCCC2)c2ccccc12. The fourth-order valence-electron chi connectivity index (χ4n) is 3.55. The summed E-state index contributed by atoms with van der Waals surface area (Å²) in [6.07, 6.45) is 5.38. The van der Waals surface area contributed by atoms with Gasteiger partial charge in [0.15, 0.2) is 9.84 Å². The molecule has 2 amide bonds. The van der Waals surface area contributed by atoms with E-state index in [0.717, 1.165) is 38.8 Å². The number of hydrogen-bond donors (Lipinski definition) is 1. The van der Waals surface area contributed by atoms with E-state index in [1.165, 1.54) is 6.20 Å². The number of sulfone groups is 1. The van der Waals surface area contributed by atoms with Crippen LogP contribution in [0.15, 0.2) is 35.4 Å². The molecule has 1 aromatic carbocycles. The van der Waals surface area contributed by atoms with Gasteiger partial charge in [-0.2, -0.15) is 0 Å². The minimum Gasteiger partial charge on any atom is -0.355 e. The predicted molar refractivity (Wildman–Crippen MR) is 108 cm³/mol. The summed E-state index contributed by atoms with van der Waals surface area (Å²) in [4.78, 5) is 26.6. The number of nitrogens with zero attached hydrogens (tertiary/aromatic N) is 2. The van der Waals surface area contributed by atoms with Gasteiger partial charge in [-0.05, 0) is 31.7 Å². The summed E-state index contributed by atoms with van der Waals surface area (Å²) in [6.45, 7) is 3.95. The Morgan fingerprint density at radius 1 is 1.11 bits per heavy atom. The second kappa shape index (κ2) is 8.77. The maximum atomic E-state index is 12.9. The highest BCUT2D eigenvalue weighted by Gasteiger charge is 2.25. The van der Waals surface area contributed by atoms with Crippen molar-refractivity contribution in [3.8, 4) is 0 Å². The number of carbonyl (C=O) groups excluding carboxylic acids is 2. The molecule has 0 saturated carbocycles. The molecule has 1 N–H and O–H groups in total. The third-order valence-corrected chi connectivity index (χ3v) is 6.63. The van der Waals surface area contributed by atoms with E-state index in [4.69, 9.17) is 0 Å². The molecule has 1 aromatic heterocycles. The fraction of sp³-hybridized carbons (Fsp3) is 0.500. The standard InChI is InChI=1S/C20H27N3O4S/c1-2-10-21-19(24)15-28(26,27)18-13-23(17-9-5-4-8-16(17)18)14-20(25)22-11-6-3-7-12-22/h4-5,8-9,13H,2-3,6-7,10-12,14-15H2,1H3,(H,21,24). The second-order valence-electron chi connectivity index (χ2n) is 7.19. The second-order valence-corrected chi connectivity index (χ2v) is 9.15. The Morgan fingerprint density at radius 2 is 1.82 bits per heavy atom. The van der Waals surface area contributed by atoms with E-state index in [1.54, 1.807) is 22.8 Å². The van der Waals surface area contributed by atoms with Gasteiger partial charge in [0.1, 0.15) is 12.3 Å². The number of benzene rings is 1. The maximum absolute atomic E-state index is 12.9. The number of hydrogen-bond acceptors (Lipinski definition) is 4. The van der Waals surface area contributed by atoms with Crippen molar-refractivity contribution in [2.75, 3.05) is 25.4 Å². The molecular formula is C20H27N3O4S. The Kier molecular flexibility index (Phi) is 6.39. The first-order valence-corrected chi connectivity index (χ1v) is 11.4. The lowest BCUT2D eigenvalue weighted by atomic mass is 10.1. The van der Waals surface area contributed by atoms with E-state index in [9.17, 15) is 18.0 Å². The molecule has 0 atom stereocenters. The summed E-state index contributed by atoms with van der Waals surface area (Å²) in [5, 5.41) is 3.14. The number of rotatable bonds is 7. The molecular weight excluding hydrogens is 378 g/mol. The summed E-state index contributed by atoms with van der Waals surface area (Å²) in [7, 11) is -3.81. The number of carbonyl (C=O) groups is 2. The highest BCUT2D eigenvalue weighted by Crippen LogP contribution is 2.26. The third kappa shape index (κ3) is 4.55. The quantitative estimate of drug-likeness (QED) is 0.763. The summed E-state index contributed by atoms with van der Waals surface area (Å²) < 4.78 is 27.4. The van der Waals surface area contributed by atoms with E-state index in [-0.39, 0.29) is 17.3 Å². The van der Waals surface area contributed by atoms with Crippen molar-refractivity contribution in [2.24, 2.45) is 0 Å². The van der Waals surface area contributed by atoms with E-state index in [2.05, 4.69) is 5.32 Å². The van der Waals surface area contributed by atoms with Crippen molar-refractivity contribution in [1.29, 1.82) is 0 Å². The summed E-state index contributed by atoms with van der Waals surface area (Å²) in [5.74, 6) is -1.12. The zero-order chi connectivity index (χ0) is 20.1. The molecule has 3 rings (SSSR count). The molecule has 7 nitrogen and oxygen atoms in total. The molecule has 152 valence electrons. The van der Waals surface area contributed by atoms with Crippen molar-refractivity contribution >= 4 is 32.6 Å².